The summed E-state index contributed by atoms with van der Waals surface area (Å²) in [6.45, 7) is 6.80. The Hall–Kier alpha value is -2.94. The van der Waals surface area contributed by atoms with E-state index in [4.69, 9.17) is 0 Å². The van der Waals surface area contributed by atoms with Crippen LogP contribution >= 0.6 is 0 Å². The van der Waals surface area contributed by atoms with Crippen LogP contribution in [0.5, 0.6) is 0 Å². The van der Waals surface area contributed by atoms with Crippen molar-refractivity contribution < 1.29 is 22.4 Å². The first-order valence-electron chi connectivity index (χ1n) is 12.4. The Balaban J connectivity index is 2.19. The molecule has 0 radical (unpaired) electrons. The second kappa shape index (κ2) is 14.0. The Kier molecular flexibility index (Phi) is 11.4. The third kappa shape index (κ3) is 8.93. The summed E-state index contributed by atoms with van der Waals surface area (Å²) < 4.78 is 39.2. The van der Waals surface area contributed by atoms with Crippen LogP contribution in [0.3, 0.4) is 0 Å². The Morgan fingerprint density at radius 2 is 1.75 bits per heavy atom. The van der Waals surface area contributed by atoms with Gasteiger partial charge in [0.2, 0.25) is 21.8 Å². The van der Waals surface area contributed by atoms with E-state index in [1.165, 1.54) is 28.6 Å². The van der Waals surface area contributed by atoms with E-state index in [1.807, 2.05) is 45.0 Å². The van der Waals surface area contributed by atoms with E-state index in [0.29, 0.717) is 18.7 Å². The molecular formula is C27H38FN3O4S. The Bertz CT molecular complexity index is 1110. The lowest BCUT2D eigenvalue weighted by Gasteiger charge is -2.31. The fourth-order valence-corrected chi connectivity index (χ4v) is 5.01. The number of amides is 2. The van der Waals surface area contributed by atoms with Gasteiger partial charge in [-0.25, -0.2) is 12.8 Å². The number of unbranched alkanes of at least 4 members (excludes halogenated alkanes) is 1. The molecule has 0 aliphatic rings. The maximum atomic E-state index is 13.4. The van der Waals surface area contributed by atoms with Crippen LogP contribution in [0.2, 0.25) is 0 Å². The monoisotopic (exact) mass is 519 g/mol. The minimum absolute atomic E-state index is 0.0635. The topological polar surface area (TPSA) is 86.8 Å². The van der Waals surface area contributed by atoms with Crippen LogP contribution in [0.15, 0.2) is 48.5 Å². The van der Waals surface area contributed by atoms with Gasteiger partial charge < -0.3 is 10.2 Å². The summed E-state index contributed by atoms with van der Waals surface area (Å²) in [6.07, 6.45) is 3.67. The predicted molar refractivity (Wildman–Crippen MR) is 142 cm³/mol. The van der Waals surface area contributed by atoms with Crippen molar-refractivity contribution in [1.82, 2.24) is 10.2 Å². The van der Waals surface area contributed by atoms with Gasteiger partial charge in [0.25, 0.3) is 0 Å². The number of rotatable bonds is 14. The zero-order chi connectivity index (χ0) is 26.7. The molecule has 0 spiro atoms. The Labute approximate surface area is 214 Å². The SMILES string of the molecule is CCCCNC(=O)C(CC)N(Cc1cccc(C)c1)C(=O)CCCN(c1ccc(F)cc1)S(C)(=O)=O. The highest BCUT2D eigenvalue weighted by molar-refractivity contribution is 7.92. The standard InChI is InChI=1S/C27H38FN3O4S/c1-5-7-17-29-27(33)25(6-2)30(20-22-11-8-10-21(3)19-22)26(32)12-9-18-31(36(4,34)35)24-15-13-23(28)14-16-24/h8,10-11,13-16,19,25H,5-7,9,12,17-18,20H2,1-4H3,(H,29,33). The van der Waals surface area contributed by atoms with Crippen molar-refractivity contribution in [2.75, 3.05) is 23.7 Å². The molecule has 0 aliphatic carbocycles. The van der Waals surface area contributed by atoms with Crippen LogP contribution in [-0.2, 0) is 26.2 Å². The van der Waals surface area contributed by atoms with Crippen LogP contribution in [0.25, 0.3) is 0 Å². The highest BCUT2D eigenvalue weighted by Gasteiger charge is 2.28. The molecule has 7 nitrogen and oxygen atoms in total. The van der Waals surface area contributed by atoms with Crippen LogP contribution in [0, 0.1) is 12.7 Å². The zero-order valence-electron chi connectivity index (χ0n) is 21.7. The number of benzene rings is 2. The van der Waals surface area contributed by atoms with Crippen molar-refractivity contribution >= 4 is 27.5 Å². The molecule has 1 atom stereocenters. The summed E-state index contributed by atoms with van der Waals surface area (Å²) in [6, 6.07) is 12.4. The number of carbonyl (C=O) groups excluding carboxylic acids is 2. The molecule has 1 unspecified atom stereocenters. The number of nitrogens with one attached hydrogen (secondary N) is 1. The van der Waals surface area contributed by atoms with Gasteiger partial charge in [0.15, 0.2) is 0 Å². The van der Waals surface area contributed by atoms with E-state index >= 15 is 0 Å². The lowest BCUT2D eigenvalue weighted by Crippen LogP contribution is -2.49. The van der Waals surface area contributed by atoms with Crippen molar-refractivity contribution in [2.24, 2.45) is 0 Å². The summed E-state index contributed by atoms with van der Waals surface area (Å²) in [7, 11) is -3.63. The number of hydrogen-bond acceptors (Lipinski definition) is 4. The lowest BCUT2D eigenvalue weighted by molar-refractivity contribution is -0.141. The third-order valence-corrected chi connectivity index (χ3v) is 7.11. The first-order chi connectivity index (χ1) is 17.1. The molecule has 0 aromatic heterocycles. The highest BCUT2D eigenvalue weighted by atomic mass is 32.2. The number of nitrogens with zero attached hydrogens (tertiary/aromatic N) is 2. The number of halogens is 1. The molecule has 0 bridgehead atoms. The summed E-state index contributed by atoms with van der Waals surface area (Å²) in [5.74, 6) is -0.866. The first-order valence-corrected chi connectivity index (χ1v) is 14.3. The predicted octanol–water partition coefficient (Wildman–Crippen LogP) is 4.40. The second-order valence-corrected chi connectivity index (χ2v) is 10.9. The number of hydrogen-bond donors (Lipinski definition) is 1. The molecule has 198 valence electrons. The molecule has 0 heterocycles. The molecule has 9 heteroatoms. The maximum absolute atomic E-state index is 13.4. The molecule has 1 N–H and O–H groups in total. The van der Waals surface area contributed by atoms with Crippen LogP contribution in [0.1, 0.15) is 57.1 Å². The molecule has 0 fully saturated rings. The van der Waals surface area contributed by atoms with Gasteiger partial charge in [-0.1, -0.05) is 50.1 Å². The molecule has 2 aromatic rings. The van der Waals surface area contributed by atoms with Crippen LogP contribution in [0.4, 0.5) is 10.1 Å². The Morgan fingerprint density at radius 3 is 2.33 bits per heavy atom. The summed E-state index contributed by atoms with van der Waals surface area (Å²) in [4.78, 5) is 28.0. The van der Waals surface area contributed by atoms with E-state index in [0.717, 1.165) is 30.2 Å². The average molecular weight is 520 g/mol. The van der Waals surface area contributed by atoms with E-state index in [-0.39, 0.29) is 37.7 Å². The zero-order valence-corrected chi connectivity index (χ0v) is 22.5. The van der Waals surface area contributed by atoms with E-state index < -0.39 is 21.9 Å². The molecule has 36 heavy (non-hydrogen) atoms. The molecule has 2 aromatic carbocycles. The fraction of sp³-hybridized carbons (Fsp3) is 0.481. The maximum Gasteiger partial charge on any atom is 0.242 e. The van der Waals surface area contributed by atoms with Gasteiger partial charge >= 0.3 is 0 Å². The Morgan fingerprint density at radius 1 is 1.06 bits per heavy atom. The molecule has 0 saturated carbocycles. The van der Waals surface area contributed by atoms with Crippen LogP contribution in [-0.4, -0.2) is 50.5 Å². The van der Waals surface area contributed by atoms with Gasteiger partial charge in [-0.05, 0) is 56.0 Å². The second-order valence-electron chi connectivity index (χ2n) is 8.99. The molecule has 0 aliphatic heterocycles. The van der Waals surface area contributed by atoms with E-state index in [9.17, 15) is 22.4 Å². The number of sulfonamides is 1. The average Bonchev–Trinajstić information content (AvgIpc) is 2.82. The fourth-order valence-electron chi connectivity index (χ4n) is 4.04. The van der Waals surface area contributed by atoms with Gasteiger partial charge in [0.1, 0.15) is 11.9 Å². The number of carbonyl (C=O) groups is 2. The number of aryl methyl sites for hydroxylation is 1. The minimum Gasteiger partial charge on any atom is -0.354 e. The summed E-state index contributed by atoms with van der Waals surface area (Å²) in [5, 5.41) is 2.94. The van der Waals surface area contributed by atoms with E-state index in [1.54, 1.807) is 4.90 Å². The highest BCUT2D eigenvalue weighted by Crippen LogP contribution is 2.20. The van der Waals surface area contributed by atoms with Gasteiger partial charge in [-0.15, -0.1) is 0 Å². The van der Waals surface area contributed by atoms with Gasteiger partial charge in [0.05, 0.1) is 11.9 Å². The van der Waals surface area contributed by atoms with E-state index in [2.05, 4.69) is 5.32 Å². The quantitative estimate of drug-likeness (QED) is 0.375. The third-order valence-electron chi connectivity index (χ3n) is 5.92. The normalized spacial score (nSPS) is 12.1. The van der Waals surface area contributed by atoms with Crippen molar-refractivity contribution in [1.29, 1.82) is 0 Å². The van der Waals surface area contributed by atoms with Crippen molar-refractivity contribution in [3.8, 4) is 0 Å². The first kappa shape index (κ1) is 29.3. The van der Waals surface area contributed by atoms with Crippen LogP contribution < -0.4 is 9.62 Å². The molecule has 2 amide bonds. The molecule has 2 rings (SSSR count). The smallest absolute Gasteiger partial charge is 0.242 e. The van der Waals surface area contributed by atoms with Crippen molar-refractivity contribution in [3.05, 3.63) is 65.5 Å². The lowest BCUT2D eigenvalue weighted by atomic mass is 10.1. The minimum atomic E-state index is -3.63. The van der Waals surface area contributed by atoms with Crippen molar-refractivity contribution in [3.63, 3.8) is 0 Å². The van der Waals surface area contributed by atoms with Gasteiger partial charge in [-0.3, -0.25) is 13.9 Å². The molecular weight excluding hydrogens is 481 g/mol. The van der Waals surface area contributed by atoms with Gasteiger partial charge in [-0.2, -0.15) is 0 Å². The van der Waals surface area contributed by atoms with Gasteiger partial charge in [0, 0.05) is 26.1 Å². The molecule has 0 saturated heterocycles. The van der Waals surface area contributed by atoms with Crippen molar-refractivity contribution in [2.45, 2.75) is 65.5 Å². The summed E-state index contributed by atoms with van der Waals surface area (Å²) in [5.41, 5.74) is 2.32. The number of anilines is 1. The largest absolute Gasteiger partial charge is 0.354 e. The summed E-state index contributed by atoms with van der Waals surface area (Å²) >= 11 is 0.